The van der Waals surface area contributed by atoms with Crippen molar-refractivity contribution in [3.8, 4) is 0 Å². The standard InChI is InChI=1S/C23H31NO/c1-17-7-11-19(12-8-17)21(25)15-16-23(3,4)22(24(5)6)20-13-9-18(2)10-14-20/h7-14,22H,15-16H2,1-6H3. The van der Waals surface area contributed by atoms with Crippen molar-refractivity contribution >= 4 is 5.78 Å². The Morgan fingerprint density at radius 1 is 0.920 bits per heavy atom. The Morgan fingerprint density at radius 3 is 1.88 bits per heavy atom. The van der Waals surface area contributed by atoms with Crippen LogP contribution >= 0.6 is 0 Å². The highest BCUT2D eigenvalue weighted by molar-refractivity contribution is 5.96. The fraction of sp³-hybridized carbons (Fsp3) is 0.435. The second kappa shape index (κ2) is 7.97. The maximum atomic E-state index is 12.6. The van der Waals surface area contributed by atoms with Gasteiger partial charge in [0.25, 0.3) is 0 Å². The first kappa shape index (κ1) is 19.4. The Hall–Kier alpha value is -1.93. The summed E-state index contributed by atoms with van der Waals surface area (Å²) in [6.45, 7) is 8.68. The van der Waals surface area contributed by atoms with Crippen LogP contribution in [0.15, 0.2) is 48.5 Å². The van der Waals surface area contributed by atoms with E-state index in [2.05, 4.69) is 64.0 Å². The first-order valence-electron chi connectivity index (χ1n) is 9.03. The molecule has 2 heteroatoms. The van der Waals surface area contributed by atoms with Crippen molar-refractivity contribution in [3.63, 3.8) is 0 Å². The van der Waals surface area contributed by atoms with Gasteiger partial charge in [-0.3, -0.25) is 4.79 Å². The monoisotopic (exact) mass is 337 g/mol. The molecule has 1 atom stereocenters. The van der Waals surface area contributed by atoms with Gasteiger partial charge in [0.1, 0.15) is 0 Å². The van der Waals surface area contributed by atoms with Crippen LogP contribution in [0.25, 0.3) is 0 Å². The summed E-state index contributed by atoms with van der Waals surface area (Å²) in [6, 6.07) is 16.9. The molecule has 0 saturated carbocycles. The summed E-state index contributed by atoms with van der Waals surface area (Å²) < 4.78 is 0. The van der Waals surface area contributed by atoms with Gasteiger partial charge in [-0.05, 0) is 45.3 Å². The highest BCUT2D eigenvalue weighted by Gasteiger charge is 2.32. The van der Waals surface area contributed by atoms with E-state index >= 15 is 0 Å². The minimum atomic E-state index is -0.000878. The highest BCUT2D eigenvalue weighted by Crippen LogP contribution is 2.41. The molecule has 0 aliphatic rings. The molecule has 134 valence electrons. The van der Waals surface area contributed by atoms with Crippen molar-refractivity contribution in [1.82, 2.24) is 4.90 Å². The normalized spacial score (nSPS) is 13.1. The van der Waals surface area contributed by atoms with Gasteiger partial charge in [-0.25, -0.2) is 0 Å². The Kier molecular flexibility index (Phi) is 6.18. The van der Waals surface area contributed by atoms with Crippen LogP contribution in [-0.4, -0.2) is 24.8 Å². The van der Waals surface area contributed by atoms with Gasteiger partial charge in [-0.1, -0.05) is 73.5 Å². The molecule has 0 radical (unpaired) electrons. The molecule has 0 aliphatic carbocycles. The lowest BCUT2D eigenvalue weighted by Crippen LogP contribution is -2.34. The molecule has 0 saturated heterocycles. The van der Waals surface area contributed by atoms with E-state index < -0.39 is 0 Å². The molecule has 2 nitrogen and oxygen atoms in total. The number of hydrogen-bond donors (Lipinski definition) is 0. The first-order chi connectivity index (χ1) is 11.7. The van der Waals surface area contributed by atoms with Crippen LogP contribution in [0.1, 0.15) is 59.8 Å². The molecule has 0 aliphatic heterocycles. The van der Waals surface area contributed by atoms with Crippen LogP contribution in [0, 0.1) is 19.3 Å². The lowest BCUT2D eigenvalue weighted by Gasteiger charge is -2.39. The molecule has 2 aromatic carbocycles. The third-order valence-electron chi connectivity index (χ3n) is 5.02. The fourth-order valence-electron chi connectivity index (χ4n) is 3.65. The van der Waals surface area contributed by atoms with Crippen molar-refractivity contribution in [3.05, 3.63) is 70.8 Å². The zero-order valence-corrected chi connectivity index (χ0v) is 16.5. The number of carbonyl (C=O) groups excluding carboxylic acids is 1. The quantitative estimate of drug-likeness (QED) is 0.613. The number of benzene rings is 2. The van der Waals surface area contributed by atoms with Crippen molar-refractivity contribution < 1.29 is 4.79 Å². The SMILES string of the molecule is Cc1ccc(C(=O)CCC(C)(C)C(c2ccc(C)cc2)N(C)C)cc1. The third kappa shape index (κ3) is 5.02. The van der Waals surface area contributed by atoms with Gasteiger partial charge in [0.15, 0.2) is 5.78 Å². The van der Waals surface area contributed by atoms with Gasteiger partial charge in [-0.2, -0.15) is 0 Å². The largest absolute Gasteiger partial charge is 0.302 e. The Balaban J connectivity index is 2.13. The van der Waals surface area contributed by atoms with E-state index in [1.165, 1.54) is 16.7 Å². The molecule has 0 fully saturated rings. The van der Waals surface area contributed by atoms with Crippen LogP contribution in [0.3, 0.4) is 0 Å². The minimum absolute atomic E-state index is 0.000878. The molecule has 0 N–H and O–H groups in total. The number of aryl methyl sites for hydroxylation is 2. The van der Waals surface area contributed by atoms with E-state index in [1.54, 1.807) is 0 Å². The summed E-state index contributed by atoms with van der Waals surface area (Å²) in [7, 11) is 4.24. The molecule has 0 spiro atoms. The second-order valence-corrected chi connectivity index (χ2v) is 8.05. The molecule has 0 aromatic heterocycles. The van der Waals surface area contributed by atoms with Crippen molar-refractivity contribution in [1.29, 1.82) is 0 Å². The number of ketones is 1. The third-order valence-corrected chi connectivity index (χ3v) is 5.02. The maximum Gasteiger partial charge on any atom is 0.162 e. The van der Waals surface area contributed by atoms with Gasteiger partial charge in [0.05, 0.1) is 0 Å². The van der Waals surface area contributed by atoms with Gasteiger partial charge >= 0.3 is 0 Å². The lowest BCUT2D eigenvalue weighted by molar-refractivity contribution is 0.0899. The van der Waals surface area contributed by atoms with E-state index in [0.29, 0.717) is 6.42 Å². The van der Waals surface area contributed by atoms with Gasteiger partial charge in [0.2, 0.25) is 0 Å². The molecule has 25 heavy (non-hydrogen) atoms. The molecule has 0 heterocycles. The number of nitrogens with zero attached hydrogens (tertiary/aromatic N) is 1. The zero-order chi connectivity index (χ0) is 18.6. The first-order valence-corrected chi connectivity index (χ1v) is 9.03. The van der Waals surface area contributed by atoms with Crippen molar-refractivity contribution in [2.24, 2.45) is 5.41 Å². The topological polar surface area (TPSA) is 20.3 Å². The molecular formula is C23H31NO. The maximum absolute atomic E-state index is 12.6. The minimum Gasteiger partial charge on any atom is -0.302 e. The summed E-state index contributed by atoms with van der Waals surface area (Å²) >= 11 is 0. The second-order valence-electron chi connectivity index (χ2n) is 8.05. The zero-order valence-electron chi connectivity index (χ0n) is 16.5. The number of carbonyl (C=O) groups is 1. The average molecular weight is 338 g/mol. The predicted molar refractivity (Wildman–Crippen MR) is 106 cm³/mol. The fourth-order valence-corrected chi connectivity index (χ4v) is 3.65. The van der Waals surface area contributed by atoms with Crippen molar-refractivity contribution in [2.45, 2.75) is 46.6 Å². The molecule has 0 amide bonds. The Bertz CT molecular complexity index is 696. The number of hydrogen-bond acceptors (Lipinski definition) is 2. The molecule has 1 unspecified atom stereocenters. The number of Topliss-reactive ketones (excluding diaryl/α,β-unsaturated/α-hetero) is 1. The van der Waals surface area contributed by atoms with E-state index in [9.17, 15) is 4.79 Å². The Labute approximate surface area is 152 Å². The van der Waals surface area contributed by atoms with E-state index in [0.717, 1.165) is 12.0 Å². The summed E-state index contributed by atoms with van der Waals surface area (Å²) in [5, 5.41) is 0. The summed E-state index contributed by atoms with van der Waals surface area (Å²) in [5.74, 6) is 0.231. The highest BCUT2D eigenvalue weighted by atomic mass is 16.1. The van der Waals surface area contributed by atoms with E-state index in [4.69, 9.17) is 0 Å². The van der Waals surface area contributed by atoms with Crippen LogP contribution < -0.4 is 0 Å². The van der Waals surface area contributed by atoms with Crippen LogP contribution in [0.5, 0.6) is 0 Å². The molecule has 2 rings (SSSR count). The summed E-state index contributed by atoms with van der Waals surface area (Å²) in [6.07, 6.45) is 1.43. The van der Waals surface area contributed by atoms with E-state index in [1.807, 2.05) is 31.2 Å². The van der Waals surface area contributed by atoms with E-state index in [-0.39, 0.29) is 17.2 Å². The van der Waals surface area contributed by atoms with Crippen molar-refractivity contribution in [2.75, 3.05) is 14.1 Å². The molecule has 0 bridgehead atoms. The molecule has 2 aromatic rings. The number of rotatable bonds is 7. The van der Waals surface area contributed by atoms with Gasteiger partial charge in [-0.15, -0.1) is 0 Å². The smallest absolute Gasteiger partial charge is 0.162 e. The Morgan fingerprint density at radius 2 is 1.40 bits per heavy atom. The van der Waals surface area contributed by atoms with Crippen LogP contribution in [0.2, 0.25) is 0 Å². The summed E-state index contributed by atoms with van der Waals surface area (Å²) in [5.41, 5.74) is 4.58. The van der Waals surface area contributed by atoms with Gasteiger partial charge < -0.3 is 4.90 Å². The van der Waals surface area contributed by atoms with Crippen LogP contribution in [0.4, 0.5) is 0 Å². The average Bonchev–Trinajstić information content (AvgIpc) is 2.55. The lowest BCUT2D eigenvalue weighted by atomic mass is 9.75. The molecular weight excluding hydrogens is 306 g/mol. The van der Waals surface area contributed by atoms with Crippen LogP contribution in [-0.2, 0) is 0 Å². The summed E-state index contributed by atoms with van der Waals surface area (Å²) in [4.78, 5) is 14.8. The predicted octanol–water partition coefficient (Wildman–Crippen LogP) is 5.60. The van der Waals surface area contributed by atoms with Gasteiger partial charge in [0, 0.05) is 18.0 Å².